The molecule has 0 unspecified atom stereocenters. The highest BCUT2D eigenvalue weighted by atomic mass is 32.1. The number of hydrogen-bond donors (Lipinski definition) is 0. The number of carbonyl (C=O) groups is 1. The van der Waals surface area contributed by atoms with Gasteiger partial charge in [-0.25, -0.2) is 4.79 Å². The van der Waals surface area contributed by atoms with Crippen LogP contribution in [0.4, 0.5) is 4.79 Å². The summed E-state index contributed by atoms with van der Waals surface area (Å²) in [5, 5.41) is 0. The molecular formula is C13H12NO3S. The fraction of sp³-hybridized carbons (Fsp3) is 0.308. The molecule has 1 aliphatic heterocycles. The van der Waals surface area contributed by atoms with Crippen LogP contribution in [0, 0.1) is 0 Å². The van der Waals surface area contributed by atoms with Gasteiger partial charge in [-0.3, -0.25) is 9.69 Å². The molecule has 5 heteroatoms. The summed E-state index contributed by atoms with van der Waals surface area (Å²) in [5.74, 6) is 0. The lowest BCUT2D eigenvalue weighted by molar-refractivity contribution is 0.101. The van der Waals surface area contributed by atoms with E-state index in [0.717, 1.165) is 5.56 Å². The van der Waals surface area contributed by atoms with E-state index in [4.69, 9.17) is 17.0 Å². The highest BCUT2D eigenvalue weighted by molar-refractivity contribution is 7.80. The van der Waals surface area contributed by atoms with Crippen LogP contribution >= 0.6 is 12.2 Å². The van der Waals surface area contributed by atoms with Crippen LogP contribution in [-0.2, 0) is 16.1 Å². The molecular weight excluding hydrogens is 250 g/mol. The Morgan fingerprint density at radius 1 is 1.44 bits per heavy atom. The maximum absolute atomic E-state index is 11.8. The van der Waals surface area contributed by atoms with Gasteiger partial charge in [0.1, 0.15) is 12.6 Å². The van der Waals surface area contributed by atoms with E-state index in [2.05, 4.69) is 0 Å². The van der Waals surface area contributed by atoms with E-state index in [0.29, 0.717) is 17.8 Å². The van der Waals surface area contributed by atoms with Crippen molar-refractivity contribution in [3.63, 3.8) is 0 Å². The number of nitrogens with zero attached hydrogens (tertiary/aromatic N) is 1. The maximum Gasteiger partial charge on any atom is 0.411 e. The van der Waals surface area contributed by atoms with Gasteiger partial charge in [0.15, 0.2) is 0 Å². The fourth-order valence-corrected chi connectivity index (χ4v) is 2.07. The third-order valence-corrected chi connectivity index (χ3v) is 3.19. The van der Waals surface area contributed by atoms with Crippen molar-refractivity contribution in [1.29, 1.82) is 0 Å². The molecule has 1 radical (unpaired) electrons. The molecule has 1 aromatic carbocycles. The molecule has 93 valence electrons. The molecule has 1 amide bonds. The second-order valence-corrected chi connectivity index (χ2v) is 4.49. The molecule has 0 N–H and O–H groups in total. The number of thiocarbonyl (C=S) groups is 1. The van der Waals surface area contributed by atoms with E-state index in [9.17, 15) is 9.59 Å². The van der Waals surface area contributed by atoms with Crippen LogP contribution in [0.2, 0.25) is 0 Å². The molecule has 1 atom stereocenters. The minimum atomic E-state index is -0.733. The average molecular weight is 262 g/mol. The first-order valence-electron chi connectivity index (χ1n) is 5.60. The second-order valence-electron chi connectivity index (χ2n) is 3.97. The molecule has 1 fully saturated rings. The second kappa shape index (κ2) is 5.73. The molecule has 2 rings (SSSR count). The van der Waals surface area contributed by atoms with E-state index in [1.54, 1.807) is 6.29 Å². The molecule has 0 spiro atoms. The Kier molecular flexibility index (Phi) is 4.04. The van der Waals surface area contributed by atoms with Crippen molar-refractivity contribution in [3.05, 3.63) is 35.9 Å². The summed E-state index contributed by atoms with van der Waals surface area (Å²) in [5.41, 5.74) is 0.902. The monoisotopic (exact) mass is 262 g/mol. The van der Waals surface area contributed by atoms with Gasteiger partial charge in [0.05, 0.1) is 0 Å². The van der Waals surface area contributed by atoms with Crippen molar-refractivity contribution < 1.29 is 14.3 Å². The van der Waals surface area contributed by atoms with Gasteiger partial charge in [0.25, 0.3) is 0 Å². The molecule has 0 saturated carbocycles. The van der Waals surface area contributed by atoms with Crippen LogP contribution < -0.4 is 0 Å². The van der Waals surface area contributed by atoms with Crippen LogP contribution in [-0.4, -0.2) is 34.7 Å². The van der Waals surface area contributed by atoms with Crippen molar-refractivity contribution in [2.75, 3.05) is 6.54 Å². The standard InChI is InChI=1S/C13H12NO3S/c15-8-11-12(18)6-7-14(11)13(16)17-9-10-4-2-1-3-5-10/h1-5,11H,6-7,9H2/t11-/m1/s1. The van der Waals surface area contributed by atoms with Crippen molar-refractivity contribution in [1.82, 2.24) is 4.90 Å². The minimum Gasteiger partial charge on any atom is -0.445 e. The van der Waals surface area contributed by atoms with Gasteiger partial charge in [0, 0.05) is 11.4 Å². The number of carbonyl (C=O) groups excluding carboxylic acids is 2. The fourth-order valence-electron chi connectivity index (χ4n) is 1.80. The predicted octanol–water partition coefficient (Wildman–Crippen LogP) is 1.88. The van der Waals surface area contributed by atoms with Crippen LogP contribution in [0.5, 0.6) is 0 Å². The van der Waals surface area contributed by atoms with E-state index < -0.39 is 12.1 Å². The Hall–Kier alpha value is -1.75. The predicted molar refractivity (Wildman–Crippen MR) is 70.0 cm³/mol. The summed E-state index contributed by atoms with van der Waals surface area (Å²) in [6.07, 6.45) is 1.81. The van der Waals surface area contributed by atoms with Gasteiger partial charge in [-0.15, -0.1) is 0 Å². The zero-order valence-corrected chi connectivity index (χ0v) is 10.5. The van der Waals surface area contributed by atoms with Gasteiger partial charge in [0.2, 0.25) is 6.29 Å². The third-order valence-electron chi connectivity index (χ3n) is 2.77. The molecule has 0 aliphatic carbocycles. The van der Waals surface area contributed by atoms with Gasteiger partial charge < -0.3 is 4.74 Å². The first-order valence-corrected chi connectivity index (χ1v) is 6.01. The lowest BCUT2D eigenvalue weighted by Crippen LogP contribution is -2.39. The third kappa shape index (κ3) is 2.73. The first kappa shape index (κ1) is 12.7. The molecule has 4 nitrogen and oxygen atoms in total. The van der Waals surface area contributed by atoms with Crippen molar-refractivity contribution >= 4 is 29.5 Å². The summed E-state index contributed by atoms with van der Waals surface area (Å²) < 4.78 is 5.14. The molecule has 1 heterocycles. The number of hydrogen-bond acceptors (Lipinski definition) is 4. The maximum atomic E-state index is 11.8. The zero-order valence-electron chi connectivity index (χ0n) is 9.67. The van der Waals surface area contributed by atoms with Crippen LogP contribution in [0.15, 0.2) is 30.3 Å². The van der Waals surface area contributed by atoms with Gasteiger partial charge >= 0.3 is 6.09 Å². The van der Waals surface area contributed by atoms with Crippen LogP contribution in [0.3, 0.4) is 0 Å². The number of ether oxygens (including phenoxy) is 1. The highest BCUT2D eigenvalue weighted by Crippen LogP contribution is 2.15. The van der Waals surface area contributed by atoms with E-state index in [-0.39, 0.29) is 6.61 Å². The molecule has 18 heavy (non-hydrogen) atoms. The van der Waals surface area contributed by atoms with Gasteiger partial charge in [-0.05, 0) is 12.0 Å². The molecule has 1 saturated heterocycles. The quantitative estimate of drug-likeness (QED) is 0.780. The van der Waals surface area contributed by atoms with Crippen LogP contribution in [0.25, 0.3) is 0 Å². The van der Waals surface area contributed by atoms with Crippen LogP contribution in [0.1, 0.15) is 12.0 Å². The Labute approximate surface area is 111 Å². The van der Waals surface area contributed by atoms with E-state index >= 15 is 0 Å². The molecule has 0 bridgehead atoms. The Morgan fingerprint density at radius 3 is 2.83 bits per heavy atom. The number of benzene rings is 1. The molecule has 1 aromatic rings. The molecule has 1 aliphatic rings. The lowest BCUT2D eigenvalue weighted by atomic mass is 10.2. The van der Waals surface area contributed by atoms with E-state index in [1.165, 1.54) is 4.90 Å². The SMILES string of the molecule is O=[C][C@@H]1C(=S)CCN1C(=O)OCc1ccccc1. The topological polar surface area (TPSA) is 46.6 Å². The Balaban J connectivity index is 1.92. The summed E-state index contributed by atoms with van der Waals surface area (Å²) in [6, 6.07) is 8.63. The Morgan fingerprint density at radius 2 is 2.17 bits per heavy atom. The summed E-state index contributed by atoms with van der Waals surface area (Å²) in [6.45, 7) is 0.612. The summed E-state index contributed by atoms with van der Waals surface area (Å²) in [7, 11) is 0. The largest absolute Gasteiger partial charge is 0.445 e. The number of rotatable bonds is 3. The van der Waals surface area contributed by atoms with E-state index in [1.807, 2.05) is 30.3 Å². The number of likely N-dealkylation sites (tertiary alicyclic amines) is 1. The first-order chi connectivity index (χ1) is 8.72. The number of amides is 1. The smallest absolute Gasteiger partial charge is 0.411 e. The average Bonchev–Trinajstić information content (AvgIpc) is 2.78. The highest BCUT2D eigenvalue weighted by Gasteiger charge is 2.34. The van der Waals surface area contributed by atoms with Crippen molar-refractivity contribution in [3.8, 4) is 0 Å². The lowest BCUT2D eigenvalue weighted by Gasteiger charge is -2.18. The minimum absolute atomic E-state index is 0.189. The van der Waals surface area contributed by atoms with Crippen molar-refractivity contribution in [2.24, 2.45) is 0 Å². The summed E-state index contributed by atoms with van der Waals surface area (Å²) in [4.78, 5) is 24.4. The molecule has 0 aromatic heterocycles. The van der Waals surface area contributed by atoms with Crippen molar-refractivity contribution in [2.45, 2.75) is 19.1 Å². The summed E-state index contributed by atoms with van der Waals surface area (Å²) >= 11 is 5.00. The van der Waals surface area contributed by atoms with Gasteiger partial charge in [-0.2, -0.15) is 0 Å². The van der Waals surface area contributed by atoms with Gasteiger partial charge in [-0.1, -0.05) is 42.5 Å². The normalized spacial score (nSPS) is 18.8. The Bertz CT molecular complexity index is 461. The zero-order chi connectivity index (χ0) is 13.0.